The molecule has 9 heteroatoms. The van der Waals surface area contributed by atoms with Gasteiger partial charge in [0.2, 0.25) is 15.8 Å². The first-order valence-corrected chi connectivity index (χ1v) is 12.2. The van der Waals surface area contributed by atoms with E-state index in [1.54, 1.807) is 19.1 Å². The number of nitriles is 1. The number of anilines is 2. The Morgan fingerprint density at radius 3 is 2.27 bits per heavy atom. The molecule has 0 spiro atoms. The fraction of sp³-hybridized carbons (Fsp3) is 0.333. The molecule has 176 valence electrons. The molecule has 0 bridgehead atoms. The van der Waals surface area contributed by atoms with Crippen molar-refractivity contribution in [2.45, 2.75) is 20.3 Å². The van der Waals surface area contributed by atoms with Crippen molar-refractivity contribution in [3.05, 3.63) is 64.7 Å². The van der Waals surface area contributed by atoms with Crippen LogP contribution in [0.2, 0.25) is 0 Å². The monoisotopic (exact) mass is 471 g/mol. The zero-order valence-electron chi connectivity index (χ0n) is 18.8. The lowest BCUT2D eigenvalue weighted by atomic mass is 9.99. The lowest BCUT2D eigenvalue weighted by molar-refractivity contribution is 0.104. The Kier molecular flexibility index (Phi) is 9.60. The molecule has 8 nitrogen and oxygen atoms in total. The van der Waals surface area contributed by atoms with Gasteiger partial charge in [-0.1, -0.05) is 13.0 Å². The third-order valence-corrected chi connectivity index (χ3v) is 6.41. The van der Waals surface area contributed by atoms with Crippen LogP contribution in [-0.2, 0) is 10.0 Å². The summed E-state index contributed by atoms with van der Waals surface area (Å²) in [6.45, 7) is 4.27. The van der Waals surface area contributed by atoms with Gasteiger partial charge in [-0.2, -0.15) is 5.26 Å². The van der Waals surface area contributed by atoms with Crippen LogP contribution in [0.4, 0.5) is 11.4 Å². The maximum atomic E-state index is 12.8. The summed E-state index contributed by atoms with van der Waals surface area (Å²) in [5.41, 5.74) is 2.92. The Morgan fingerprint density at radius 2 is 1.76 bits per heavy atom. The Balaban J connectivity index is 2.25. The molecule has 0 amide bonds. The normalized spacial score (nSPS) is 11.7. The first-order valence-electron chi connectivity index (χ1n) is 10.6. The first-order chi connectivity index (χ1) is 15.7. The van der Waals surface area contributed by atoms with Gasteiger partial charge in [0.05, 0.1) is 19.0 Å². The van der Waals surface area contributed by atoms with Crippen molar-refractivity contribution in [3.8, 4) is 6.07 Å². The second kappa shape index (κ2) is 12.2. The summed E-state index contributed by atoms with van der Waals surface area (Å²) in [5, 5.41) is 28.0. The number of ketones is 1. The highest BCUT2D eigenvalue weighted by molar-refractivity contribution is 7.92. The molecular formula is C24H29N3O5S. The molecule has 0 aromatic heterocycles. The van der Waals surface area contributed by atoms with E-state index in [9.17, 15) is 28.7 Å². The Hall–Kier alpha value is -3.19. The number of aryl methyl sites for hydroxylation is 1. The van der Waals surface area contributed by atoms with E-state index in [0.29, 0.717) is 30.8 Å². The number of allylic oxidation sites excluding steroid dienone is 1. The molecular weight excluding hydrogens is 442 g/mol. The fourth-order valence-corrected chi connectivity index (χ4v) is 4.41. The molecule has 0 fully saturated rings. The smallest absolute Gasteiger partial charge is 0.232 e. The molecule has 2 rings (SSSR count). The number of carbonyl (C=O) groups excluding carboxylic acids is 1. The molecule has 0 unspecified atom stereocenters. The largest absolute Gasteiger partial charge is 0.395 e. The Bertz CT molecular complexity index is 1130. The van der Waals surface area contributed by atoms with E-state index in [1.807, 2.05) is 24.0 Å². The van der Waals surface area contributed by atoms with Crippen LogP contribution in [0.5, 0.6) is 0 Å². The zero-order valence-corrected chi connectivity index (χ0v) is 19.6. The standard InChI is InChI=1S/C24H29N3O5S/c1-3-14-33(31,32)26-22-7-4-19(5-8-22)24(30)21(17-25)16-20-6-9-23(15-18(20)2)27(10-12-28)11-13-29/h4-9,15-16,26,28-29H,3,10-14H2,1-2H3. The third kappa shape index (κ3) is 7.43. The molecule has 0 saturated heterocycles. The van der Waals surface area contributed by atoms with E-state index >= 15 is 0 Å². The lowest BCUT2D eigenvalue weighted by Gasteiger charge is -2.23. The number of carbonyl (C=O) groups is 1. The maximum Gasteiger partial charge on any atom is 0.232 e. The van der Waals surface area contributed by atoms with E-state index in [0.717, 1.165) is 11.3 Å². The number of nitrogens with zero attached hydrogens (tertiary/aromatic N) is 2. The van der Waals surface area contributed by atoms with Gasteiger partial charge in [0.25, 0.3) is 0 Å². The molecule has 33 heavy (non-hydrogen) atoms. The molecule has 0 atom stereocenters. The second-order valence-corrected chi connectivity index (χ2v) is 9.31. The number of hydrogen-bond acceptors (Lipinski definition) is 7. The average Bonchev–Trinajstić information content (AvgIpc) is 2.78. The van der Waals surface area contributed by atoms with Gasteiger partial charge >= 0.3 is 0 Å². The summed E-state index contributed by atoms with van der Waals surface area (Å²) in [6, 6.07) is 13.3. The molecule has 0 aliphatic carbocycles. The SMILES string of the molecule is CCCS(=O)(=O)Nc1ccc(C(=O)C(C#N)=Cc2ccc(N(CCO)CCO)cc2C)cc1. The number of sulfonamides is 1. The van der Waals surface area contributed by atoms with Crippen LogP contribution >= 0.6 is 0 Å². The maximum absolute atomic E-state index is 12.8. The minimum atomic E-state index is -3.43. The predicted molar refractivity (Wildman–Crippen MR) is 130 cm³/mol. The van der Waals surface area contributed by atoms with Crippen molar-refractivity contribution in [3.63, 3.8) is 0 Å². The number of benzene rings is 2. The molecule has 0 radical (unpaired) electrons. The van der Waals surface area contributed by atoms with Gasteiger partial charge < -0.3 is 15.1 Å². The lowest BCUT2D eigenvalue weighted by Crippen LogP contribution is -2.29. The minimum Gasteiger partial charge on any atom is -0.395 e. The molecule has 3 N–H and O–H groups in total. The van der Waals surface area contributed by atoms with Crippen molar-refractivity contribution in [1.29, 1.82) is 5.26 Å². The van der Waals surface area contributed by atoms with Gasteiger partial charge in [-0.05, 0) is 66.9 Å². The average molecular weight is 472 g/mol. The molecule has 0 aliphatic heterocycles. The van der Waals surface area contributed by atoms with Crippen LogP contribution < -0.4 is 9.62 Å². The van der Waals surface area contributed by atoms with Gasteiger partial charge in [-0.3, -0.25) is 9.52 Å². The number of Topliss-reactive ketones (excluding diaryl/α,β-unsaturated/α-hetero) is 1. The van der Waals surface area contributed by atoms with E-state index in [-0.39, 0.29) is 30.1 Å². The summed E-state index contributed by atoms with van der Waals surface area (Å²) in [7, 11) is -3.43. The molecule has 2 aromatic carbocycles. The summed E-state index contributed by atoms with van der Waals surface area (Å²) in [5.74, 6) is -0.462. The Labute approximate surface area is 194 Å². The van der Waals surface area contributed by atoms with E-state index < -0.39 is 15.8 Å². The zero-order chi connectivity index (χ0) is 24.4. The number of rotatable bonds is 12. The number of nitrogens with one attached hydrogen (secondary N) is 1. The molecule has 2 aromatic rings. The quantitative estimate of drug-likeness (QED) is 0.246. The first kappa shape index (κ1) is 26.1. The van der Waals surface area contributed by atoms with Gasteiger partial charge in [-0.15, -0.1) is 0 Å². The predicted octanol–water partition coefficient (Wildman–Crippen LogP) is 2.73. The number of aliphatic hydroxyl groups excluding tert-OH is 2. The van der Waals surface area contributed by atoms with E-state index in [1.165, 1.54) is 30.3 Å². The summed E-state index contributed by atoms with van der Waals surface area (Å²) >= 11 is 0. The minimum absolute atomic E-state index is 0.00486. The van der Waals surface area contributed by atoms with Crippen molar-refractivity contribution in [1.82, 2.24) is 0 Å². The van der Waals surface area contributed by atoms with Crippen LogP contribution in [-0.4, -0.2) is 56.5 Å². The third-order valence-electron chi connectivity index (χ3n) is 4.92. The fourth-order valence-electron chi connectivity index (χ4n) is 3.28. The number of aliphatic hydroxyl groups is 2. The van der Waals surface area contributed by atoms with Gasteiger partial charge in [0.15, 0.2) is 0 Å². The van der Waals surface area contributed by atoms with E-state index in [2.05, 4.69) is 4.72 Å². The van der Waals surface area contributed by atoms with Crippen molar-refractivity contribution < 1.29 is 23.4 Å². The highest BCUT2D eigenvalue weighted by Gasteiger charge is 2.15. The van der Waals surface area contributed by atoms with Crippen LogP contribution in [0.15, 0.2) is 48.0 Å². The molecule has 0 heterocycles. The van der Waals surface area contributed by atoms with Crippen molar-refractivity contribution in [2.75, 3.05) is 41.7 Å². The van der Waals surface area contributed by atoms with Crippen molar-refractivity contribution in [2.24, 2.45) is 0 Å². The van der Waals surface area contributed by atoms with Gasteiger partial charge in [-0.25, -0.2) is 8.42 Å². The summed E-state index contributed by atoms with van der Waals surface area (Å²) in [4.78, 5) is 14.7. The topological polar surface area (TPSA) is 131 Å². The van der Waals surface area contributed by atoms with Crippen molar-refractivity contribution >= 4 is 33.3 Å². The highest BCUT2D eigenvalue weighted by Crippen LogP contribution is 2.22. The van der Waals surface area contributed by atoms with Crippen LogP contribution in [0.1, 0.15) is 34.8 Å². The summed E-state index contributed by atoms with van der Waals surface area (Å²) in [6.07, 6.45) is 2.01. The number of hydrogen-bond donors (Lipinski definition) is 3. The summed E-state index contributed by atoms with van der Waals surface area (Å²) < 4.78 is 26.2. The van der Waals surface area contributed by atoms with Gasteiger partial charge in [0.1, 0.15) is 11.6 Å². The molecule has 0 aliphatic rings. The van der Waals surface area contributed by atoms with Gasteiger partial charge in [0, 0.05) is 30.0 Å². The Morgan fingerprint density at radius 1 is 1.12 bits per heavy atom. The van der Waals surface area contributed by atoms with E-state index in [4.69, 9.17) is 0 Å². The van der Waals surface area contributed by atoms with Crippen LogP contribution in [0.25, 0.3) is 6.08 Å². The molecule has 0 saturated carbocycles. The highest BCUT2D eigenvalue weighted by atomic mass is 32.2. The van der Waals surface area contributed by atoms with Crippen LogP contribution in [0, 0.1) is 18.3 Å². The van der Waals surface area contributed by atoms with Crippen LogP contribution in [0.3, 0.4) is 0 Å². The second-order valence-electron chi connectivity index (χ2n) is 7.47.